The molecule has 0 saturated heterocycles. The molecule has 0 aliphatic heterocycles. The SMILES string of the molecule is COc1cc(C)ccc1C(C)Nc1ccc(Cl)cc1C. The summed E-state index contributed by atoms with van der Waals surface area (Å²) < 4.78 is 5.47. The van der Waals surface area contributed by atoms with Crippen molar-refractivity contribution in [1.82, 2.24) is 0 Å². The number of anilines is 1. The fraction of sp³-hybridized carbons (Fsp3) is 0.294. The molecule has 3 heteroatoms. The lowest BCUT2D eigenvalue weighted by atomic mass is 10.0. The molecule has 0 aliphatic rings. The highest BCUT2D eigenvalue weighted by Crippen LogP contribution is 2.30. The monoisotopic (exact) mass is 289 g/mol. The minimum absolute atomic E-state index is 0.158. The summed E-state index contributed by atoms with van der Waals surface area (Å²) in [7, 11) is 1.71. The average Bonchev–Trinajstić information content (AvgIpc) is 2.41. The molecule has 0 fully saturated rings. The highest BCUT2D eigenvalue weighted by Gasteiger charge is 2.12. The highest BCUT2D eigenvalue weighted by atomic mass is 35.5. The number of rotatable bonds is 4. The molecular formula is C17H20ClNO. The summed E-state index contributed by atoms with van der Waals surface area (Å²) in [5.41, 5.74) is 4.56. The lowest BCUT2D eigenvalue weighted by molar-refractivity contribution is 0.407. The normalized spacial score (nSPS) is 12.1. The average molecular weight is 290 g/mol. The number of aryl methyl sites for hydroxylation is 2. The topological polar surface area (TPSA) is 21.3 Å². The highest BCUT2D eigenvalue weighted by molar-refractivity contribution is 6.30. The Morgan fingerprint density at radius 3 is 2.50 bits per heavy atom. The van der Waals surface area contributed by atoms with Crippen molar-refractivity contribution in [3.63, 3.8) is 0 Å². The van der Waals surface area contributed by atoms with Gasteiger partial charge in [-0.3, -0.25) is 0 Å². The number of halogens is 1. The van der Waals surface area contributed by atoms with E-state index in [1.807, 2.05) is 25.1 Å². The second-order valence-electron chi connectivity index (χ2n) is 5.07. The Balaban J connectivity index is 2.25. The number of methoxy groups -OCH3 is 1. The van der Waals surface area contributed by atoms with Crippen molar-refractivity contribution in [2.75, 3.05) is 12.4 Å². The summed E-state index contributed by atoms with van der Waals surface area (Å²) in [5.74, 6) is 0.914. The Morgan fingerprint density at radius 2 is 1.85 bits per heavy atom. The van der Waals surface area contributed by atoms with Crippen LogP contribution < -0.4 is 10.1 Å². The first kappa shape index (κ1) is 14.7. The quantitative estimate of drug-likeness (QED) is 0.841. The Hall–Kier alpha value is -1.67. The summed E-state index contributed by atoms with van der Waals surface area (Å²) >= 11 is 5.99. The Kier molecular flexibility index (Phi) is 4.56. The molecule has 106 valence electrons. The molecular weight excluding hydrogens is 270 g/mol. The maximum Gasteiger partial charge on any atom is 0.124 e. The first-order valence-corrected chi connectivity index (χ1v) is 7.06. The Labute approximate surface area is 125 Å². The van der Waals surface area contributed by atoms with Gasteiger partial charge in [-0.05, 0) is 56.2 Å². The van der Waals surface area contributed by atoms with E-state index in [1.165, 1.54) is 5.56 Å². The van der Waals surface area contributed by atoms with E-state index in [0.29, 0.717) is 0 Å². The van der Waals surface area contributed by atoms with Gasteiger partial charge in [0.2, 0.25) is 0 Å². The summed E-state index contributed by atoms with van der Waals surface area (Å²) in [6, 6.07) is 12.3. The fourth-order valence-corrected chi connectivity index (χ4v) is 2.50. The second-order valence-corrected chi connectivity index (χ2v) is 5.51. The molecule has 0 saturated carbocycles. The third kappa shape index (κ3) is 3.26. The molecule has 0 aliphatic carbocycles. The van der Waals surface area contributed by atoms with E-state index in [0.717, 1.165) is 27.6 Å². The van der Waals surface area contributed by atoms with Crippen LogP contribution in [-0.2, 0) is 0 Å². The zero-order valence-electron chi connectivity index (χ0n) is 12.3. The molecule has 1 atom stereocenters. The molecule has 1 unspecified atom stereocenters. The molecule has 0 aromatic heterocycles. The molecule has 2 rings (SSSR count). The lowest BCUT2D eigenvalue weighted by Gasteiger charge is -2.20. The van der Waals surface area contributed by atoms with Crippen LogP contribution >= 0.6 is 11.6 Å². The number of nitrogens with one attached hydrogen (secondary N) is 1. The van der Waals surface area contributed by atoms with E-state index in [-0.39, 0.29) is 6.04 Å². The van der Waals surface area contributed by atoms with Gasteiger partial charge >= 0.3 is 0 Å². The van der Waals surface area contributed by atoms with E-state index >= 15 is 0 Å². The lowest BCUT2D eigenvalue weighted by Crippen LogP contribution is -2.09. The van der Waals surface area contributed by atoms with Crippen molar-refractivity contribution in [1.29, 1.82) is 0 Å². The summed E-state index contributed by atoms with van der Waals surface area (Å²) in [5, 5.41) is 4.27. The first-order valence-electron chi connectivity index (χ1n) is 6.68. The largest absolute Gasteiger partial charge is 0.496 e. The molecule has 0 amide bonds. The minimum Gasteiger partial charge on any atom is -0.496 e. The Morgan fingerprint density at radius 1 is 1.10 bits per heavy atom. The van der Waals surface area contributed by atoms with Gasteiger partial charge in [0.05, 0.1) is 13.2 Å². The van der Waals surface area contributed by atoms with E-state index in [2.05, 4.69) is 37.4 Å². The van der Waals surface area contributed by atoms with Crippen LogP contribution in [0.4, 0.5) is 5.69 Å². The Bertz CT molecular complexity index is 610. The van der Waals surface area contributed by atoms with Gasteiger partial charge in [-0.25, -0.2) is 0 Å². The van der Waals surface area contributed by atoms with Crippen molar-refractivity contribution in [3.8, 4) is 5.75 Å². The standard InChI is InChI=1S/C17H20ClNO/c1-11-5-7-15(17(9-11)20-4)13(3)19-16-8-6-14(18)10-12(16)2/h5-10,13,19H,1-4H3. The van der Waals surface area contributed by atoms with Crippen molar-refractivity contribution in [2.45, 2.75) is 26.8 Å². The van der Waals surface area contributed by atoms with E-state index in [1.54, 1.807) is 7.11 Å². The third-order valence-electron chi connectivity index (χ3n) is 3.42. The van der Waals surface area contributed by atoms with Crippen molar-refractivity contribution in [2.24, 2.45) is 0 Å². The second kappa shape index (κ2) is 6.19. The van der Waals surface area contributed by atoms with Gasteiger partial charge in [0.15, 0.2) is 0 Å². The van der Waals surface area contributed by atoms with Crippen molar-refractivity contribution >= 4 is 17.3 Å². The predicted molar refractivity (Wildman–Crippen MR) is 86.0 cm³/mol. The maximum absolute atomic E-state index is 5.99. The molecule has 0 heterocycles. The summed E-state index contributed by atoms with van der Waals surface area (Å²) in [6.45, 7) is 6.24. The smallest absolute Gasteiger partial charge is 0.124 e. The molecule has 0 spiro atoms. The van der Waals surface area contributed by atoms with Crippen LogP contribution in [0, 0.1) is 13.8 Å². The summed E-state index contributed by atoms with van der Waals surface area (Å²) in [6.07, 6.45) is 0. The number of hydrogen-bond donors (Lipinski definition) is 1. The van der Waals surface area contributed by atoms with Gasteiger partial charge in [0.1, 0.15) is 5.75 Å². The fourth-order valence-electron chi connectivity index (χ4n) is 2.28. The van der Waals surface area contributed by atoms with Gasteiger partial charge in [-0.15, -0.1) is 0 Å². The number of ether oxygens (including phenoxy) is 1. The molecule has 1 N–H and O–H groups in total. The van der Waals surface area contributed by atoms with E-state index in [9.17, 15) is 0 Å². The molecule has 0 radical (unpaired) electrons. The number of hydrogen-bond acceptors (Lipinski definition) is 2. The first-order chi connectivity index (χ1) is 9.51. The van der Waals surface area contributed by atoms with E-state index in [4.69, 9.17) is 16.3 Å². The van der Waals surface area contributed by atoms with E-state index < -0.39 is 0 Å². The van der Waals surface area contributed by atoms with Gasteiger partial charge in [-0.1, -0.05) is 23.7 Å². The summed E-state index contributed by atoms with van der Waals surface area (Å²) in [4.78, 5) is 0. The van der Waals surface area contributed by atoms with Crippen LogP contribution in [0.1, 0.15) is 29.7 Å². The van der Waals surface area contributed by atoms with Crippen LogP contribution in [0.3, 0.4) is 0 Å². The molecule has 20 heavy (non-hydrogen) atoms. The minimum atomic E-state index is 0.158. The zero-order valence-corrected chi connectivity index (χ0v) is 13.1. The van der Waals surface area contributed by atoms with Crippen molar-refractivity contribution in [3.05, 3.63) is 58.1 Å². The van der Waals surface area contributed by atoms with Gasteiger partial charge in [0, 0.05) is 16.3 Å². The van der Waals surface area contributed by atoms with Gasteiger partial charge < -0.3 is 10.1 Å². The predicted octanol–water partition coefficient (Wildman–Crippen LogP) is 5.14. The van der Waals surface area contributed by atoms with Gasteiger partial charge in [0.25, 0.3) is 0 Å². The van der Waals surface area contributed by atoms with Crippen molar-refractivity contribution < 1.29 is 4.74 Å². The van der Waals surface area contributed by atoms with Crippen LogP contribution in [0.5, 0.6) is 5.75 Å². The zero-order chi connectivity index (χ0) is 14.7. The molecule has 2 nitrogen and oxygen atoms in total. The molecule has 2 aromatic rings. The van der Waals surface area contributed by atoms with Gasteiger partial charge in [-0.2, -0.15) is 0 Å². The molecule has 0 bridgehead atoms. The van der Waals surface area contributed by atoms with Crippen LogP contribution in [-0.4, -0.2) is 7.11 Å². The van der Waals surface area contributed by atoms with Crippen LogP contribution in [0.2, 0.25) is 5.02 Å². The third-order valence-corrected chi connectivity index (χ3v) is 3.65. The molecule has 2 aromatic carbocycles. The van der Waals surface area contributed by atoms with Crippen LogP contribution in [0.25, 0.3) is 0 Å². The van der Waals surface area contributed by atoms with Crippen LogP contribution in [0.15, 0.2) is 36.4 Å². The maximum atomic E-state index is 5.99. The number of benzene rings is 2.